The second-order valence-corrected chi connectivity index (χ2v) is 6.01. The van der Waals surface area contributed by atoms with Gasteiger partial charge in [-0.05, 0) is 25.0 Å². The van der Waals surface area contributed by atoms with Crippen molar-refractivity contribution in [2.45, 2.75) is 31.6 Å². The number of nitrogens with one attached hydrogen (secondary N) is 1. The number of ether oxygens (including phenoxy) is 2. The Morgan fingerprint density at radius 1 is 1.42 bits per heavy atom. The molecule has 0 radical (unpaired) electrons. The van der Waals surface area contributed by atoms with Gasteiger partial charge in [-0.25, -0.2) is 13.5 Å². The predicted octanol–water partition coefficient (Wildman–Crippen LogP) is 0.571. The molecule has 0 aromatic heterocycles. The summed E-state index contributed by atoms with van der Waals surface area (Å²) in [5, 5.41) is 0. The van der Waals surface area contributed by atoms with E-state index in [0.29, 0.717) is 26.1 Å². The Hall–Kier alpha value is -1.46. The summed E-state index contributed by atoms with van der Waals surface area (Å²) in [7, 11) is 0. The van der Waals surface area contributed by atoms with Gasteiger partial charge in [0.1, 0.15) is 11.6 Å². The molecule has 1 heterocycles. The van der Waals surface area contributed by atoms with E-state index in [1.165, 1.54) is 0 Å². The molecule has 1 unspecified atom stereocenters. The molecule has 0 bridgehead atoms. The van der Waals surface area contributed by atoms with Crippen molar-refractivity contribution in [3.63, 3.8) is 0 Å². The highest BCUT2D eigenvalue weighted by Crippen LogP contribution is 2.27. The average Bonchev–Trinajstić information content (AvgIpc) is 2.54. The number of carbonyl (C=O) groups excluding carboxylic acids is 1. The maximum Gasteiger partial charge on any atom is 0.251 e. The number of hydrogen-bond acceptors (Lipinski definition) is 5. The first kappa shape index (κ1) is 18.9. The Balaban J connectivity index is 2.21. The molecular formula is C14H17F2N2O5S-. The molecule has 1 aliphatic heterocycles. The van der Waals surface area contributed by atoms with Gasteiger partial charge in [-0.2, -0.15) is 0 Å². The third-order valence-electron chi connectivity index (χ3n) is 3.58. The van der Waals surface area contributed by atoms with Crippen LogP contribution in [0.5, 0.6) is 0 Å². The third kappa shape index (κ3) is 5.02. The quantitative estimate of drug-likeness (QED) is 0.688. The van der Waals surface area contributed by atoms with Crippen molar-refractivity contribution >= 4 is 17.2 Å². The van der Waals surface area contributed by atoms with Gasteiger partial charge >= 0.3 is 0 Å². The van der Waals surface area contributed by atoms with Gasteiger partial charge in [-0.3, -0.25) is 9.00 Å². The van der Waals surface area contributed by atoms with Crippen LogP contribution < -0.4 is 10.5 Å². The lowest BCUT2D eigenvalue weighted by Gasteiger charge is -2.26. The van der Waals surface area contributed by atoms with Gasteiger partial charge in [-0.1, -0.05) is 0 Å². The van der Waals surface area contributed by atoms with Gasteiger partial charge in [0.2, 0.25) is 0 Å². The minimum atomic E-state index is -2.61. The number of nitrogens with two attached hydrogens (primary N) is 1. The highest BCUT2D eigenvalue weighted by molar-refractivity contribution is 7.77. The van der Waals surface area contributed by atoms with Gasteiger partial charge in [0.25, 0.3) is 5.91 Å². The number of benzene rings is 1. The highest BCUT2D eigenvalue weighted by atomic mass is 32.2. The lowest BCUT2D eigenvalue weighted by Crippen LogP contribution is -2.32. The first-order valence-corrected chi connectivity index (χ1v) is 8.29. The fourth-order valence-corrected chi connectivity index (χ4v) is 2.65. The van der Waals surface area contributed by atoms with Crippen LogP contribution in [-0.4, -0.2) is 34.0 Å². The number of halogens is 2. The zero-order valence-corrected chi connectivity index (χ0v) is 13.4. The molecule has 2 atom stereocenters. The summed E-state index contributed by atoms with van der Waals surface area (Å²) in [4.78, 5) is 11.6. The van der Waals surface area contributed by atoms with Crippen molar-refractivity contribution in [1.29, 1.82) is 0 Å². The second kappa shape index (κ2) is 8.58. The van der Waals surface area contributed by atoms with Crippen molar-refractivity contribution in [1.82, 2.24) is 4.72 Å². The summed E-state index contributed by atoms with van der Waals surface area (Å²) >= 11 is -2.61. The van der Waals surface area contributed by atoms with Gasteiger partial charge < -0.3 is 19.8 Å². The number of carbonyl (C=O) groups is 1. The van der Waals surface area contributed by atoms with E-state index in [-0.39, 0.29) is 17.2 Å². The lowest BCUT2D eigenvalue weighted by atomic mass is 10.0. The first-order chi connectivity index (χ1) is 11.4. The molecule has 1 aromatic rings. The molecule has 10 heteroatoms. The Kier molecular flexibility index (Phi) is 6.75. The third-order valence-corrected chi connectivity index (χ3v) is 3.96. The van der Waals surface area contributed by atoms with E-state index in [9.17, 15) is 22.3 Å². The normalized spacial score (nSPS) is 18.3. The fraction of sp³-hybridized carbons (Fsp3) is 0.500. The summed E-state index contributed by atoms with van der Waals surface area (Å²) in [6, 6.07) is 1.61. The van der Waals surface area contributed by atoms with E-state index in [0.717, 1.165) is 12.1 Å². The molecule has 1 fully saturated rings. The van der Waals surface area contributed by atoms with E-state index >= 15 is 0 Å². The van der Waals surface area contributed by atoms with E-state index in [1.54, 1.807) is 0 Å². The lowest BCUT2D eigenvalue weighted by molar-refractivity contribution is -0.138. The monoisotopic (exact) mass is 363 g/mol. The van der Waals surface area contributed by atoms with Gasteiger partial charge in [0.05, 0.1) is 6.10 Å². The molecule has 134 valence electrons. The predicted molar refractivity (Wildman–Crippen MR) is 79.0 cm³/mol. The summed E-state index contributed by atoms with van der Waals surface area (Å²) < 4.78 is 61.8. The van der Waals surface area contributed by atoms with Crippen molar-refractivity contribution in [2.75, 3.05) is 13.2 Å². The van der Waals surface area contributed by atoms with Crippen LogP contribution in [0.4, 0.5) is 8.78 Å². The van der Waals surface area contributed by atoms with Gasteiger partial charge in [0.15, 0.2) is 6.10 Å². The van der Waals surface area contributed by atoms with E-state index < -0.39 is 41.5 Å². The molecule has 1 aliphatic rings. The average molecular weight is 363 g/mol. The minimum Gasteiger partial charge on any atom is -0.760 e. The molecule has 0 saturated carbocycles. The largest absolute Gasteiger partial charge is 0.760 e. The molecule has 3 N–H and O–H groups in total. The standard InChI is InChI=1S/C14H18F2N2O5S/c15-11-6-10(12(16)5-8(11)7-18-24(20)21)13(14(17)19)23-9-1-3-22-4-2-9/h5-6,9,13,18H,1-4,7H2,(H2,17,19)(H,20,21)/p-1/t13-/m1/s1. The van der Waals surface area contributed by atoms with E-state index in [4.69, 9.17) is 15.2 Å². The molecule has 24 heavy (non-hydrogen) atoms. The van der Waals surface area contributed by atoms with Crippen molar-refractivity contribution in [3.05, 3.63) is 34.9 Å². The van der Waals surface area contributed by atoms with E-state index in [1.807, 2.05) is 4.72 Å². The van der Waals surface area contributed by atoms with Crippen LogP contribution in [-0.2, 0) is 32.1 Å². The molecule has 0 spiro atoms. The van der Waals surface area contributed by atoms with Gasteiger partial charge in [0, 0.05) is 42.2 Å². The maximum atomic E-state index is 14.3. The van der Waals surface area contributed by atoms with Crippen molar-refractivity contribution in [3.8, 4) is 0 Å². The molecule has 7 nitrogen and oxygen atoms in total. The van der Waals surface area contributed by atoms with E-state index in [2.05, 4.69) is 0 Å². The van der Waals surface area contributed by atoms with Crippen molar-refractivity contribution in [2.24, 2.45) is 5.73 Å². The van der Waals surface area contributed by atoms with Crippen LogP contribution in [0, 0.1) is 11.6 Å². The molecular weight excluding hydrogens is 346 g/mol. The van der Waals surface area contributed by atoms with Crippen LogP contribution in [0.2, 0.25) is 0 Å². The van der Waals surface area contributed by atoms with Crippen LogP contribution in [0.15, 0.2) is 12.1 Å². The molecule has 1 aromatic carbocycles. The zero-order valence-electron chi connectivity index (χ0n) is 12.6. The summed E-state index contributed by atoms with van der Waals surface area (Å²) in [5.41, 5.74) is 4.74. The maximum absolute atomic E-state index is 14.3. The number of rotatable bonds is 7. The fourth-order valence-electron chi connectivity index (χ4n) is 2.37. The summed E-state index contributed by atoms with van der Waals surface area (Å²) in [6.07, 6.45) is -0.739. The molecule has 0 aliphatic carbocycles. The topological polar surface area (TPSA) is 114 Å². The Bertz CT molecular complexity index is 625. The van der Waals surface area contributed by atoms with Gasteiger partial charge in [-0.15, -0.1) is 0 Å². The van der Waals surface area contributed by atoms with Crippen LogP contribution >= 0.6 is 0 Å². The minimum absolute atomic E-state index is 0.199. The zero-order chi connectivity index (χ0) is 17.7. The Morgan fingerprint density at radius 2 is 2.08 bits per heavy atom. The number of amides is 1. The SMILES string of the molecule is NC(=O)[C@H](OC1CCOCC1)c1cc(F)c(CNS(=O)[O-])cc1F. The highest BCUT2D eigenvalue weighted by Gasteiger charge is 2.28. The smallest absolute Gasteiger partial charge is 0.251 e. The second-order valence-electron chi connectivity index (χ2n) is 5.25. The number of primary amides is 1. The Labute approximate surface area is 139 Å². The number of hydrogen-bond donors (Lipinski definition) is 2. The molecule has 1 saturated heterocycles. The van der Waals surface area contributed by atoms with Crippen LogP contribution in [0.1, 0.15) is 30.1 Å². The Morgan fingerprint density at radius 3 is 2.67 bits per heavy atom. The molecule has 2 rings (SSSR count). The van der Waals surface area contributed by atoms with Crippen molar-refractivity contribution < 1.29 is 31.8 Å². The first-order valence-electron chi connectivity index (χ1n) is 7.21. The van der Waals surface area contributed by atoms with Crippen LogP contribution in [0.3, 0.4) is 0 Å². The summed E-state index contributed by atoms with van der Waals surface area (Å²) in [6.45, 7) is 0.481. The summed E-state index contributed by atoms with van der Waals surface area (Å²) in [5.74, 6) is -2.71. The molecule has 1 amide bonds. The van der Waals surface area contributed by atoms with Crippen LogP contribution in [0.25, 0.3) is 0 Å².